The molecule has 1 aliphatic rings. The van der Waals surface area contributed by atoms with Gasteiger partial charge in [-0.05, 0) is 25.7 Å². The van der Waals surface area contributed by atoms with Crippen molar-refractivity contribution >= 4 is 11.8 Å². The summed E-state index contributed by atoms with van der Waals surface area (Å²) in [7, 11) is 0. The lowest BCUT2D eigenvalue weighted by Crippen LogP contribution is -2.39. The minimum absolute atomic E-state index is 0.227. The molecule has 0 spiro atoms. The topological polar surface area (TPSA) is 86.2 Å². The number of rotatable bonds is 2. The fourth-order valence-electron chi connectivity index (χ4n) is 2.48. The molecule has 0 radical (unpaired) electrons. The zero-order valence-corrected chi connectivity index (χ0v) is 10.2. The van der Waals surface area contributed by atoms with Crippen molar-refractivity contribution in [3.05, 3.63) is 0 Å². The second-order valence-electron chi connectivity index (χ2n) is 5.56. The number of carbonyl (C=O) groups is 2. The Morgan fingerprint density at radius 3 is 1.25 bits per heavy atom. The van der Waals surface area contributed by atoms with E-state index in [9.17, 15) is 9.59 Å². The molecule has 1 aliphatic carbocycles. The molecule has 0 bridgehead atoms. The molecule has 0 aromatic rings. The van der Waals surface area contributed by atoms with Crippen LogP contribution in [0.5, 0.6) is 0 Å². The van der Waals surface area contributed by atoms with Crippen LogP contribution in [0.2, 0.25) is 0 Å². The fourth-order valence-corrected chi connectivity index (χ4v) is 2.48. The number of primary amides is 2. The van der Waals surface area contributed by atoms with Crippen molar-refractivity contribution in [1.29, 1.82) is 0 Å². The van der Waals surface area contributed by atoms with Gasteiger partial charge in [0.15, 0.2) is 0 Å². The van der Waals surface area contributed by atoms with E-state index in [2.05, 4.69) is 0 Å². The first kappa shape index (κ1) is 13.0. The number of amides is 2. The normalized spacial score (nSPS) is 36.1. The summed E-state index contributed by atoms with van der Waals surface area (Å²) in [6.07, 6.45) is 4.69. The van der Waals surface area contributed by atoms with Gasteiger partial charge in [0.2, 0.25) is 11.8 Å². The molecule has 4 nitrogen and oxygen atoms in total. The van der Waals surface area contributed by atoms with Gasteiger partial charge >= 0.3 is 0 Å². The predicted octanol–water partition coefficient (Wildman–Crippen LogP) is 1.32. The van der Waals surface area contributed by atoms with Gasteiger partial charge in [-0.2, -0.15) is 0 Å². The van der Waals surface area contributed by atoms with Gasteiger partial charge in [-0.15, -0.1) is 0 Å². The molecule has 0 heterocycles. The van der Waals surface area contributed by atoms with E-state index in [0.29, 0.717) is 0 Å². The van der Waals surface area contributed by atoms with Gasteiger partial charge in [0, 0.05) is 10.8 Å². The second-order valence-corrected chi connectivity index (χ2v) is 5.56. The molecule has 0 saturated heterocycles. The number of nitrogens with two attached hydrogens (primary N) is 2. The maximum absolute atomic E-state index is 11.4. The standard InChI is InChI=1S/C12H22N2O2/c1-11(9(13)15)5-3-7-12(2,10(14)16)8-4-6-11/h3-8H2,1-2H3,(H2,13,15)(H2,14,16). The summed E-state index contributed by atoms with van der Waals surface area (Å²) < 4.78 is 0. The van der Waals surface area contributed by atoms with Crippen molar-refractivity contribution in [2.24, 2.45) is 22.3 Å². The minimum Gasteiger partial charge on any atom is -0.369 e. The van der Waals surface area contributed by atoms with E-state index in [1.807, 2.05) is 13.8 Å². The molecule has 92 valence electrons. The highest BCUT2D eigenvalue weighted by Gasteiger charge is 2.37. The number of hydrogen-bond donors (Lipinski definition) is 2. The van der Waals surface area contributed by atoms with Crippen molar-refractivity contribution < 1.29 is 9.59 Å². The van der Waals surface area contributed by atoms with Crippen molar-refractivity contribution in [3.63, 3.8) is 0 Å². The van der Waals surface area contributed by atoms with Gasteiger partial charge in [-0.1, -0.05) is 26.7 Å². The van der Waals surface area contributed by atoms with Crippen LogP contribution in [-0.2, 0) is 9.59 Å². The van der Waals surface area contributed by atoms with Crippen LogP contribution in [0.1, 0.15) is 52.4 Å². The molecule has 16 heavy (non-hydrogen) atoms. The summed E-state index contributed by atoms with van der Waals surface area (Å²) in [5.41, 5.74) is 10.0. The Morgan fingerprint density at radius 2 is 1.06 bits per heavy atom. The Kier molecular flexibility index (Phi) is 3.61. The molecule has 0 aromatic heterocycles. The van der Waals surface area contributed by atoms with Crippen LogP contribution >= 0.6 is 0 Å². The quantitative estimate of drug-likeness (QED) is 0.744. The average molecular weight is 226 g/mol. The molecule has 1 rings (SSSR count). The lowest BCUT2D eigenvalue weighted by atomic mass is 9.70. The third-order valence-electron chi connectivity index (χ3n) is 4.10. The van der Waals surface area contributed by atoms with E-state index in [1.54, 1.807) is 0 Å². The first-order chi connectivity index (χ1) is 7.30. The maximum atomic E-state index is 11.4. The predicted molar refractivity (Wildman–Crippen MR) is 62.3 cm³/mol. The second kappa shape index (κ2) is 4.44. The molecule has 1 saturated carbocycles. The van der Waals surface area contributed by atoms with Crippen molar-refractivity contribution in [2.75, 3.05) is 0 Å². The monoisotopic (exact) mass is 226 g/mol. The first-order valence-electron chi connectivity index (χ1n) is 5.90. The lowest BCUT2D eigenvalue weighted by Gasteiger charge is -2.34. The van der Waals surface area contributed by atoms with Crippen LogP contribution in [-0.4, -0.2) is 11.8 Å². The Hall–Kier alpha value is -1.06. The Balaban J connectivity index is 2.70. The molecule has 0 aliphatic heterocycles. The SMILES string of the molecule is CC1(C(N)=O)CCCC(C)(C(N)=O)CCC1. The van der Waals surface area contributed by atoms with Gasteiger partial charge in [-0.25, -0.2) is 0 Å². The number of hydrogen-bond acceptors (Lipinski definition) is 2. The largest absolute Gasteiger partial charge is 0.369 e. The van der Waals surface area contributed by atoms with E-state index in [4.69, 9.17) is 11.5 Å². The molecule has 1 fully saturated rings. The molecular weight excluding hydrogens is 204 g/mol. The molecular formula is C12H22N2O2. The highest BCUT2D eigenvalue weighted by Crippen LogP contribution is 2.40. The Bertz CT molecular complexity index is 261. The molecule has 0 atom stereocenters. The molecule has 2 amide bonds. The summed E-state index contributed by atoms with van der Waals surface area (Å²) in [5.74, 6) is -0.453. The molecule has 4 heteroatoms. The average Bonchev–Trinajstić information content (AvgIpc) is 2.14. The van der Waals surface area contributed by atoms with Crippen LogP contribution < -0.4 is 11.5 Å². The fraction of sp³-hybridized carbons (Fsp3) is 0.833. The summed E-state index contributed by atoms with van der Waals surface area (Å²) in [6, 6.07) is 0. The van der Waals surface area contributed by atoms with Gasteiger partial charge in [0.05, 0.1) is 0 Å². The van der Waals surface area contributed by atoms with E-state index >= 15 is 0 Å². The van der Waals surface area contributed by atoms with Gasteiger partial charge in [-0.3, -0.25) is 9.59 Å². The summed E-state index contributed by atoms with van der Waals surface area (Å²) in [5, 5.41) is 0. The van der Waals surface area contributed by atoms with Crippen LogP contribution in [0, 0.1) is 10.8 Å². The lowest BCUT2D eigenvalue weighted by molar-refractivity contribution is -0.130. The first-order valence-corrected chi connectivity index (χ1v) is 5.90. The van der Waals surface area contributed by atoms with Gasteiger partial charge in [0.1, 0.15) is 0 Å². The minimum atomic E-state index is -0.404. The molecule has 4 N–H and O–H groups in total. The maximum Gasteiger partial charge on any atom is 0.223 e. The van der Waals surface area contributed by atoms with Gasteiger partial charge in [0.25, 0.3) is 0 Å². The third-order valence-corrected chi connectivity index (χ3v) is 4.10. The van der Waals surface area contributed by atoms with Gasteiger partial charge < -0.3 is 11.5 Å². The van der Waals surface area contributed by atoms with Crippen molar-refractivity contribution in [1.82, 2.24) is 0 Å². The zero-order chi connectivity index (χ0) is 12.4. The summed E-state index contributed by atoms with van der Waals surface area (Å²) >= 11 is 0. The highest BCUT2D eigenvalue weighted by atomic mass is 16.1. The van der Waals surface area contributed by atoms with E-state index in [-0.39, 0.29) is 11.8 Å². The Labute approximate surface area is 96.8 Å². The zero-order valence-electron chi connectivity index (χ0n) is 10.2. The van der Waals surface area contributed by atoms with E-state index in [0.717, 1.165) is 38.5 Å². The molecule has 0 aromatic carbocycles. The summed E-state index contributed by atoms with van der Waals surface area (Å²) in [4.78, 5) is 22.7. The number of carbonyl (C=O) groups excluding carboxylic acids is 2. The Morgan fingerprint density at radius 1 is 0.812 bits per heavy atom. The highest BCUT2D eigenvalue weighted by molar-refractivity contribution is 5.81. The molecule has 0 unspecified atom stereocenters. The third kappa shape index (κ3) is 2.54. The van der Waals surface area contributed by atoms with Crippen molar-refractivity contribution in [3.8, 4) is 0 Å². The van der Waals surface area contributed by atoms with Crippen molar-refractivity contribution in [2.45, 2.75) is 52.4 Å². The van der Waals surface area contributed by atoms with Crippen LogP contribution in [0.3, 0.4) is 0 Å². The summed E-state index contributed by atoms with van der Waals surface area (Å²) in [6.45, 7) is 3.84. The van der Waals surface area contributed by atoms with Crippen LogP contribution in [0.25, 0.3) is 0 Å². The van der Waals surface area contributed by atoms with Crippen LogP contribution in [0.15, 0.2) is 0 Å². The smallest absolute Gasteiger partial charge is 0.223 e. The van der Waals surface area contributed by atoms with E-state index in [1.165, 1.54) is 0 Å². The van der Waals surface area contributed by atoms with E-state index < -0.39 is 10.8 Å². The van der Waals surface area contributed by atoms with Crippen LogP contribution in [0.4, 0.5) is 0 Å².